The van der Waals surface area contributed by atoms with Gasteiger partial charge in [0, 0.05) is 28.5 Å². The van der Waals surface area contributed by atoms with Crippen molar-refractivity contribution in [2.75, 3.05) is 18.4 Å². The zero-order valence-corrected chi connectivity index (χ0v) is 32.1. The van der Waals surface area contributed by atoms with Crippen LogP contribution in [0.25, 0.3) is 44.7 Å². The van der Waals surface area contributed by atoms with Crippen LogP contribution in [0, 0.1) is 31.1 Å². The predicted octanol–water partition coefficient (Wildman–Crippen LogP) is 10.6. The molecule has 7 rings (SSSR count). The summed E-state index contributed by atoms with van der Waals surface area (Å²) in [7, 11) is 0. The van der Waals surface area contributed by atoms with Gasteiger partial charge in [0.2, 0.25) is 5.89 Å². The summed E-state index contributed by atoms with van der Waals surface area (Å²) in [4.78, 5) is 32.3. The molecule has 55 heavy (non-hydrogen) atoms. The highest BCUT2D eigenvalue weighted by molar-refractivity contribution is 9.10. The van der Waals surface area contributed by atoms with Crippen LogP contribution in [0.1, 0.15) is 75.5 Å². The minimum atomic E-state index is -2.86. The summed E-state index contributed by atoms with van der Waals surface area (Å²) in [5.74, 6) is -0.271. The molecule has 0 amide bonds. The van der Waals surface area contributed by atoms with Crippen molar-refractivity contribution in [3.63, 3.8) is 0 Å². The molecule has 3 aromatic heterocycles. The first-order valence-corrected chi connectivity index (χ1v) is 18.4. The molecule has 4 heterocycles. The third kappa shape index (κ3) is 8.35. The second-order valence-electron chi connectivity index (χ2n) is 14.5. The van der Waals surface area contributed by atoms with Crippen molar-refractivity contribution >= 4 is 55.5 Å². The first-order valence-electron chi connectivity index (χ1n) is 17.6. The number of rotatable bonds is 8. The molecule has 1 aliphatic rings. The number of nitrogens with zero attached hydrogens (tertiary/aromatic N) is 6. The van der Waals surface area contributed by atoms with Crippen LogP contribution < -0.4 is 5.32 Å². The van der Waals surface area contributed by atoms with Crippen molar-refractivity contribution in [1.82, 2.24) is 24.8 Å². The molecule has 0 saturated carbocycles. The van der Waals surface area contributed by atoms with Crippen LogP contribution in [0.15, 0.2) is 69.7 Å². The van der Waals surface area contributed by atoms with Gasteiger partial charge in [0.1, 0.15) is 22.7 Å². The van der Waals surface area contributed by atoms with E-state index in [0.29, 0.717) is 50.3 Å². The number of fused-ring (bicyclic) bond motifs is 2. The molecule has 1 N–H and O–H groups in total. The third-order valence-corrected chi connectivity index (χ3v) is 9.99. The molecule has 1 saturated heterocycles. The van der Waals surface area contributed by atoms with Crippen LogP contribution in [0.4, 0.5) is 20.3 Å². The number of pyridine rings is 1. The van der Waals surface area contributed by atoms with Gasteiger partial charge in [-0.3, -0.25) is 9.69 Å². The van der Waals surface area contributed by atoms with E-state index in [1.807, 2.05) is 83.1 Å². The number of halogens is 3. The van der Waals surface area contributed by atoms with Crippen molar-refractivity contribution < 1.29 is 22.7 Å². The average Bonchev–Trinajstić information content (AvgIpc) is 3.55. The van der Waals surface area contributed by atoms with Gasteiger partial charge < -0.3 is 14.5 Å². The lowest BCUT2D eigenvalue weighted by Gasteiger charge is -2.32. The Hall–Kier alpha value is -5.32. The highest BCUT2D eigenvalue weighted by atomic mass is 79.9. The largest absolute Gasteiger partial charge is 0.460 e. The maximum absolute atomic E-state index is 13.8. The van der Waals surface area contributed by atoms with Crippen LogP contribution in [0.2, 0.25) is 0 Å². The molecule has 0 spiro atoms. The molecule has 6 aromatic rings. The summed E-state index contributed by atoms with van der Waals surface area (Å²) in [6.45, 7) is 11.7. The lowest BCUT2D eigenvalue weighted by Crippen LogP contribution is -2.38. The van der Waals surface area contributed by atoms with E-state index in [1.54, 1.807) is 12.3 Å². The Kier molecular flexibility index (Phi) is 11.3. The highest BCUT2D eigenvalue weighted by Gasteiger charge is 2.29. The van der Waals surface area contributed by atoms with Gasteiger partial charge >= 0.3 is 5.97 Å². The molecule has 13 heteroatoms. The number of nitriles is 1. The molecule has 1 fully saturated rings. The van der Waals surface area contributed by atoms with Crippen LogP contribution in [0.3, 0.4) is 0 Å². The number of hydrogen-bond donors (Lipinski definition) is 1. The first kappa shape index (κ1) is 39.4. The number of aromatic nitrogens is 4. The summed E-state index contributed by atoms with van der Waals surface area (Å²) in [6, 6.07) is 19.3. The Morgan fingerprint density at radius 1 is 1.02 bits per heavy atom. The van der Waals surface area contributed by atoms with Crippen LogP contribution >= 0.6 is 15.9 Å². The topological polar surface area (TPSA) is 130 Å². The van der Waals surface area contributed by atoms with Crippen LogP contribution in [0.5, 0.6) is 0 Å². The number of carbonyl (C=O) groups excluding carboxylic acids is 1. The Bertz CT molecular complexity index is 2450. The van der Waals surface area contributed by atoms with Gasteiger partial charge in [-0.25, -0.2) is 28.7 Å². The van der Waals surface area contributed by atoms with Crippen LogP contribution in [-0.2, 0) is 16.1 Å². The van der Waals surface area contributed by atoms with Gasteiger partial charge in [0.15, 0.2) is 17.2 Å². The van der Waals surface area contributed by atoms with E-state index in [4.69, 9.17) is 14.1 Å². The Morgan fingerprint density at radius 3 is 2.40 bits per heavy atom. The number of anilines is 2. The number of ether oxygens (including phenoxy) is 1. The van der Waals surface area contributed by atoms with Gasteiger partial charge in [-0.1, -0.05) is 31.7 Å². The molecule has 0 atom stereocenters. The van der Waals surface area contributed by atoms with E-state index >= 15 is 0 Å². The first-order chi connectivity index (χ1) is 25.8. The number of piperidine rings is 1. The molecule has 10 nitrogen and oxygen atoms in total. The molecule has 1 aliphatic heterocycles. The number of benzene rings is 3. The standard InChI is InChI=1S/C41H38BrF2N7O3.CH4/c1-22-28(29-9-7-11-31(23(29)2)47-37-34-32(18-27(42)20-46-34)48-38(50-37)36(43)44)8-6-10-30(22)39-49-33-17-24(16-26(19-45)35(33)53-39)21-51-14-12-25(13-15-51)40(52)54-41(3,4)5;/h6-11,16-18,20,25,36H,12-15,21H2,1-5H3,(H,47,48,50);1H4. The number of nitrogens with one attached hydrogen (secondary N) is 1. The molecule has 0 bridgehead atoms. The monoisotopic (exact) mass is 809 g/mol. The average molecular weight is 811 g/mol. The number of carbonyl (C=O) groups is 1. The van der Waals surface area contributed by atoms with Crippen molar-refractivity contribution in [3.8, 4) is 28.7 Å². The highest BCUT2D eigenvalue weighted by Crippen LogP contribution is 2.38. The summed E-state index contributed by atoms with van der Waals surface area (Å²) in [6.07, 6.45) is 0.153. The maximum atomic E-state index is 13.8. The fourth-order valence-corrected chi connectivity index (χ4v) is 7.22. The Labute approximate surface area is 327 Å². The van der Waals surface area contributed by atoms with E-state index in [-0.39, 0.29) is 25.1 Å². The summed E-state index contributed by atoms with van der Waals surface area (Å²) in [5.41, 5.74) is 7.57. The van der Waals surface area contributed by atoms with Crippen LogP contribution in [-0.4, -0.2) is 49.5 Å². The number of alkyl halides is 2. The maximum Gasteiger partial charge on any atom is 0.309 e. The quantitative estimate of drug-likeness (QED) is 0.148. The number of hydrogen-bond acceptors (Lipinski definition) is 10. The zero-order valence-electron chi connectivity index (χ0n) is 30.5. The van der Waals surface area contributed by atoms with Crippen molar-refractivity contribution in [2.24, 2.45) is 5.92 Å². The lowest BCUT2D eigenvalue weighted by atomic mass is 9.93. The van der Waals surface area contributed by atoms with Crippen molar-refractivity contribution in [2.45, 2.75) is 73.5 Å². The molecule has 0 unspecified atom stereocenters. The summed E-state index contributed by atoms with van der Waals surface area (Å²) >= 11 is 3.34. The molecular weight excluding hydrogens is 768 g/mol. The normalized spacial score (nSPS) is 13.9. The van der Waals surface area contributed by atoms with E-state index in [2.05, 4.69) is 47.2 Å². The van der Waals surface area contributed by atoms with E-state index in [1.165, 1.54) is 0 Å². The number of likely N-dealkylation sites (tertiary alicyclic amines) is 1. The van der Waals surface area contributed by atoms with Gasteiger partial charge in [-0.15, -0.1) is 0 Å². The second kappa shape index (κ2) is 15.8. The zero-order chi connectivity index (χ0) is 38.3. The Morgan fingerprint density at radius 2 is 1.71 bits per heavy atom. The van der Waals surface area contributed by atoms with Gasteiger partial charge in [0.25, 0.3) is 6.43 Å². The van der Waals surface area contributed by atoms with Crippen molar-refractivity contribution in [3.05, 3.63) is 93.3 Å². The lowest BCUT2D eigenvalue weighted by molar-refractivity contribution is -0.161. The van der Waals surface area contributed by atoms with Gasteiger partial charge in [-0.05, 0) is 135 Å². The second-order valence-corrected chi connectivity index (χ2v) is 15.5. The molecule has 0 aliphatic carbocycles. The smallest absolute Gasteiger partial charge is 0.309 e. The molecule has 284 valence electrons. The predicted molar refractivity (Wildman–Crippen MR) is 213 cm³/mol. The number of esters is 1. The summed E-state index contributed by atoms with van der Waals surface area (Å²) in [5, 5.41) is 13.3. The molecule has 0 radical (unpaired) electrons. The molecular formula is C42H42BrF2N7O3. The fourth-order valence-electron chi connectivity index (χ4n) is 6.90. The van der Waals surface area contributed by atoms with E-state index in [0.717, 1.165) is 59.3 Å². The van der Waals surface area contributed by atoms with E-state index in [9.17, 15) is 18.8 Å². The third-order valence-electron chi connectivity index (χ3n) is 9.56. The van der Waals surface area contributed by atoms with Crippen molar-refractivity contribution in [1.29, 1.82) is 5.26 Å². The minimum absolute atomic E-state index is 0. The minimum Gasteiger partial charge on any atom is -0.460 e. The fraction of sp³-hybridized carbons (Fsp3) is 0.333. The summed E-state index contributed by atoms with van der Waals surface area (Å²) < 4.78 is 40.1. The van der Waals surface area contributed by atoms with Gasteiger partial charge in [0.05, 0.1) is 17.0 Å². The van der Waals surface area contributed by atoms with Gasteiger partial charge in [-0.2, -0.15) is 5.26 Å². The molecule has 3 aromatic carbocycles. The number of oxazole rings is 1. The Balaban J connectivity index is 0.00000514. The van der Waals surface area contributed by atoms with E-state index < -0.39 is 17.9 Å². The SMILES string of the molecule is C.Cc1c(Nc2nc(C(F)F)nc3cc(Br)cnc23)cccc1-c1cccc(-c2nc3cc(CN4CCC(C(=O)OC(C)(C)C)CC4)cc(C#N)c3o2)c1C.